The van der Waals surface area contributed by atoms with Gasteiger partial charge in [-0.3, -0.25) is 9.89 Å². The van der Waals surface area contributed by atoms with Crippen molar-refractivity contribution in [2.45, 2.75) is 27.2 Å². The highest BCUT2D eigenvalue weighted by Gasteiger charge is 2.23. The topological polar surface area (TPSA) is 113 Å². The second-order valence-electron chi connectivity index (χ2n) is 6.10. The van der Waals surface area contributed by atoms with E-state index in [-0.39, 0.29) is 5.91 Å². The number of H-pyrrole nitrogens is 2. The summed E-state index contributed by atoms with van der Waals surface area (Å²) >= 11 is 0. The molecule has 0 aliphatic rings. The van der Waals surface area contributed by atoms with Gasteiger partial charge in [0.2, 0.25) is 0 Å². The molecule has 0 spiro atoms. The molecule has 1 aromatic carbocycles. The van der Waals surface area contributed by atoms with Gasteiger partial charge in [0.05, 0.1) is 12.7 Å². The van der Waals surface area contributed by atoms with E-state index in [1.165, 1.54) is 7.11 Å². The number of rotatable bonds is 5. The maximum atomic E-state index is 12.7. The Balaban J connectivity index is 1.88. The molecule has 0 aliphatic carbocycles. The lowest BCUT2D eigenvalue weighted by Crippen LogP contribution is -2.14. The first-order chi connectivity index (χ1) is 12.9. The number of benzene rings is 1. The number of nitrogens with zero attached hydrogens (tertiary/aromatic N) is 2. The van der Waals surface area contributed by atoms with Gasteiger partial charge in [-0.15, -0.1) is 0 Å². The summed E-state index contributed by atoms with van der Waals surface area (Å²) in [6.07, 6.45) is 0.582. The monoisotopic (exact) mass is 367 g/mol. The average molecular weight is 367 g/mol. The minimum Gasteiger partial charge on any atom is -0.465 e. The molecule has 8 nitrogen and oxygen atoms in total. The molecular weight excluding hydrogens is 346 g/mol. The zero-order valence-electron chi connectivity index (χ0n) is 15.6. The molecule has 0 saturated carbocycles. The summed E-state index contributed by atoms with van der Waals surface area (Å²) in [5.74, 6) is 0.479. The second-order valence-corrected chi connectivity index (χ2v) is 6.10. The van der Waals surface area contributed by atoms with Gasteiger partial charge in [0, 0.05) is 16.9 Å². The predicted molar refractivity (Wildman–Crippen MR) is 101 cm³/mol. The zero-order chi connectivity index (χ0) is 19.6. The van der Waals surface area contributed by atoms with Gasteiger partial charge in [-0.2, -0.15) is 5.10 Å². The molecule has 3 rings (SSSR count). The number of hydrogen-bond donors (Lipinski definition) is 3. The summed E-state index contributed by atoms with van der Waals surface area (Å²) in [6, 6.07) is 7.25. The molecule has 2 heterocycles. The highest BCUT2D eigenvalue weighted by Crippen LogP contribution is 2.23. The van der Waals surface area contributed by atoms with Crippen LogP contribution in [-0.4, -0.2) is 39.2 Å². The average Bonchev–Trinajstić information content (AvgIpc) is 3.24. The molecule has 0 fully saturated rings. The van der Waals surface area contributed by atoms with E-state index >= 15 is 0 Å². The van der Waals surface area contributed by atoms with Crippen LogP contribution >= 0.6 is 0 Å². The van der Waals surface area contributed by atoms with E-state index in [1.807, 2.05) is 26.0 Å². The van der Waals surface area contributed by atoms with E-state index in [9.17, 15) is 9.59 Å². The smallest absolute Gasteiger partial charge is 0.339 e. The number of hydrogen-bond acceptors (Lipinski definition) is 5. The van der Waals surface area contributed by atoms with Gasteiger partial charge >= 0.3 is 5.97 Å². The number of esters is 1. The number of nitrogens with one attached hydrogen (secondary N) is 3. The van der Waals surface area contributed by atoms with Crippen LogP contribution in [0.2, 0.25) is 0 Å². The standard InChI is InChI=1S/C19H21N5O3/c1-5-14-15(19(26)27-4)10(2)16(22-14)18(25)21-13-8-6-7-12(9-13)17-20-11(3)23-24-17/h6-9,22H,5H2,1-4H3,(H,21,25)(H,20,23,24). The molecule has 0 bridgehead atoms. The highest BCUT2D eigenvalue weighted by molar-refractivity contribution is 6.07. The van der Waals surface area contributed by atoms with E-state index in [4.69, 9.17) is 4.74 Å². The first-order valence-corrected chi connectivity index (χ1v) is 8.55. The van der Waals surface area contributed by atoms with Crippen molar-refractivity contribution in [3.05, 3.63) is 52.6 Å². The van der Waals surface area contributed by atoms with Gasteiger partial charge in [0.25, 0.3) is 5.91 Å². The third-order valence-electron chi connectivity index (χ3n) is 4.27. The first kappa shape index (κ1) is 18.4. The van der Waals surface area contributed by atoms with Crippen molar-refractivity contribution in [2.75, 3.05) is 12.4 Å². The fourth-order valence-corrected chi connectivity index (χ4v) is 2.93. The third kappa shape index (κ3) is 3.59. The lowest BCUT2D eigenvalue weighted by atomic mass is 10.1. The first-order valence-electron chi connectivity index (χ1n) is 8.55. The molecule has 27 heavy (non-hydrogen) atoms. The van der Waals surface area contributed by atoms with Crippen LogP contribution in [0.25, 0.3) is 11.4 Å². The van der Waals surface area contributed by atoms with Gasteiger partial charge in [0.15, 0.2) is 5.82 Å². The molecule has 3 N–H and O–H groups in total. The van der Waals surface area contributed by atoms with E-state index in [2.05, 4.69) is 25.5 Å². The molecule has 0 radical (unpaired) electrons. The van der Waals surface area contributed by atoms with Crippen molar-refractivity contribution in [2.24, 2.45) is 0 Å². The molecule has 0 aliphatic heterocycles. The van der Waals surface area contributed by atoms with Crippen LogP contribution in [0, 0.1) is 13.8 Å². The van der Waals surface area contributed by atoms with Gasteiger partial charge in [-0.25, -0.2) is 9.78 Å². The minimum atomic E-state index is -0.457. The van der Waals surface area contributed by atoms with Crippen LogP contribution in [0.4, 0.5) is 5.69 Å². The minimum absolute atomic E-state index is 0.333. The van der Waals surface area contributed by atoms with Crippen LogP contribution in [0.1, 0.15) is 44.9 Å². The summed E-state index contributed by atoms with van der Waals surface area (Å²) in [4.78, 5) is 32.1. The van der Waals surface area contributed by atoms with Gasteiger partial charge in [-0.05, 0) is 38.0 Å². The van der Waals surface area contributed by atoms with Crippen molar-refractivity contribution >= 4 is 17.6 Å². The fraction of sp³-hybridized carbons (Fsp3) is 0.263. The van der Waals surface area contributed by atoms with Gasteiger partial charge in [-0.1, -0.05) is 19.1 Å². The Hall–Kier alpha value is -3.42. The maximum absolute atomic E-state index is 12.7. The van der Waals surface area contributed by atoms with Gasteiger partial charge in [0.1, 0.15) is 11.5 Å². The summed E-state index contributed by atoms with van der Waals surface area (Å²) in [7, 11) is 1.32. The van der Waals surface area contributed by atoms with Crippen molar-refractivity contribution in [3.8, 4) is 11.4 Å². The molecule has 2 aromatic heterocycles. The maximum Gasteiger partial charge on any atom is 0.339 e. The van der Waals surface area contributed by atoms with Crippen molar-refractivity contribution in [1.29, 1.82) is 0 Å². The van der Waals surface area contributed by atoms with Crippen molar-refractivity contribution in [3.63, 3.8) is 0 Å². The second kappa shape index (κ2) is 7.45. The SMILES string of the molecule is CCc1[nH]c(C(=O)Nc2cccc(-c3n[nH]c(C)n3)c2)c(C)c1C(=O)OC. The molecule has 3 aromatic rings. The van der Waals surface area contributed by atoms with E-state index in [0.717, 1.165) is 5.56 Å². The number of methoxy groups -OCH3 is 1. The summed E-state index contributed by atoms with van der Waals surface area (Å²) in [5, 5.41) is 9.77. The van der Waals surface area contributed by atoms with Gasteiger partial charge < -0.3 is 15.0 Å². The van der Waals surface area contributed by atoms with E-state index < -0.39 is 5.97 Å². The van der Waals surface area contributed by atoms with Crippen molar-refractivity contribution in [1.82, 2.24) is 20.2 Å². The highest BCUT2D eigenvalue weighted by atomic mass is 16.5. The lowest BCUT2D eigenvalue weighted by molar-refractivity contribution is 0.0599. The fourth-order valence-electron chi connectivity index (χ4n) is 2.93. The Morgan fingerprint density at radius 3 is 2.67 bits per heavy atom. The zero-order valence-corrected chi connectivity index (χ0v) is 15.6. The van der Waals surface area contributed by atoms with Crippen LogP contribution in [-0.2, 0) is 11.2 Å². The summed E-state index contributed by atoms with van der Waals surface area (Å²) in [6.45, 7) is 5.45. The van der Waals surface area contributed by atoms with Crippen molar-refractivity contribution < 1.29 is 14.3 Å². The molecule has 0 atom stereocenters. The van der Waals surface area contributed by atoms with Crippen LogP contribution in [0.3, 0.4) is 0 Å². The largest absolute Gasteiger partial charge is 0.465 e. The Kier molecular flexibility index (Phi) is 5.07. The Morgan fingerprint density at radius 2 is 2.04 bits per heavy atom. The molecule has 0 unspecified atom stereocenters. The van der Waals surface area contributed by atoms with E-state index in [0.29, 0.717) is 46.3 Å². The number of ether oxygens (including phenoxy) is 1. The number of aromatic nitrogens is 4. The molecule has 140 valence electrons. The molecule has 8 heteroatoms. The number of aryl methyl sites for hydroxylation is 2. The number of aromatic amines is 2. The van der Waals surface area contributed by atoms with Crippen LogP contribution in [0.15, 0.2) is 24.3 Å². The molecule has 1 amide bonds. The Bertz CT molecular complexity index is 1000. The van der Waals surface area contributed by atoms with E-state index in [1.54, 1.807) is 19.1 Å². The third-order valence-corrected chi connectivity index (χ3v) is 4.27. The Labute approximate surface area is 156 Å². The Morgan fingerprint density at radius 1 is 1.26 bits per heavy atom. The normalized spacial score (nSPS) is 10.7. The number of anilines is 1. The quantitative estimate of drug-likeness (QED) is 0.600. The number of amides is 1. The van der Waals surface area contributed by atoms with Crippen LogP contribution in [0.5, 0.6) is 0 Å². The van der Waals surface area contributed by atoms with Crippen LogP contribution < -0.4 is 5.32 Å². The summed E-state index contributed by atoms with van der Waals surface area (Å²) < 4.78 is 4.83. The lowest BCUT2D eigenvalue weighted by Gasteiger charge is -2.06. The molecule has 0 saturated heterocycles. The molecular formula is C19H21N5O3. The summed E-state index contributed by atoms with van der Waals surface area (Å²) in [5.41, 5.74) is 3.38. The predicted octanol–water partition coefficient (Wildman–Crippen LogP) is 3.02. The number of carbonyl (C=O) groups excluding carboxylic acids is 2. The number of carbonyl (C=O) groups is 2.